The summed E-state index contributed by atoms with van der Waals surface area (Å²) in [5.41, 5.74) is 1.92. The lowest BCUT2D eigenvalue weighted by molar-refractivity contribution is -0.132. The minimum Gasteiger partial charge on any atom is -0.497 e. The van der Waals surface area contributed by atoms with Gasteiger partial charge in [-0.15, -0.1) is 11.8 Å². The van der Waals surface area contributed by atoms with Gasteiger partial charge in [0.15, 0.2) is 11.5 Å². The van der Waals surface area contributed by atoms with Crippen LogP contribution in [0.1, 0.15) is 37.3 Å². The van der Waals surface area contributed by atoms with Crippen LogP contribution in [0.25, 0.3) is 6.08 Å². The highest BCUT2D eigenvalue weighted by Gasteiger charge is 2.42. The lowest BCUT2D eigenvalue weighted by atomic mass is 9.83. The monoisotopic (exact) mass is 510 g/mol. The van der Waals surface area contributed by atoms with Gasteiger partial charge in [-0.25, -0.2) is 0 Å². The van der Waals surface area contributed by atoms with Crippen LogP contribution in [-0.2, 0) is 16.1 Å². The van der Waals surface area contributed by atoms with Crippen molar-refractivity contribution in [2.24, 2.45) is 5.92 Å². The number of hydrogen-bond acceptors (Lipinski definition) is 6. The van der Waals surface area contributed by atoms with Crippen molar-refractivity contribution in [3.05, 3.63) is 58.5 Å². The molecule has 1 N–H and O–H groups in total. The van der Waals surface area contributed by atoms with Gasteiger partial charge in [-0.3, -0.25) is 9.59 Å². The molecule has 2 aromatic carbocycles. The van der Waals surface area contributed by atoms with E-state index in [-0.39, 0.29) is 29.0 Å². The molecule has 7 nitrogen and oxygen atoms in total. The summed E-state index contributed by atoms with van der Waals surface area (Å²) in [5, 5.41) is 3.34. The molecule has 1 aliphatic carbocycles. The fourth-order valence-corrected chi connectivity index (χ4v) is 6.29. The van der Waals surface area contributed by atoms with Crippen LogP contribution in [0, 0.1) is 5.92 Å². The van der Waals surface area contributed by atoms with E-state index in [1.165, 1.54) is 0 Å². The van der Waals surface area contributed by atoms with Gasteiger partial charge in [0.1, 0.15) is 5.75 Å². The quantitative estimate of drug-likeness (QED) is 0.527. The van der Waals surface area contributed by atoms with Crippen molar-refractivity contribution in [2.75, 3.05) is 27.9 Å². The van der Waals surface area contributed by atoms with Gasteiger partial charge < -0.3 is 24.4 Å². The molecule has 192 valence electrons. The van der Waals surface area contributed by atoms with Crippen LogP contribution in [0.5, 0.6) is 17.2 Å². The highest BCUT2D eigenvalue weighted by Crippen LogP contribution is 2.43. The Morgan fingerprint density at radius 2 is 1.89 bits per heavy atom. The number of nitrogens with one attached hydrogen (secondary N) is 1. The molecule has 8 heteroatoms. The first-order valence-electron chi connectivity index (χ1n) is 12.3. The number of carbonyl (C=O) groups excluding carboxylic acids is 2. The third-order valence-electron chi connectivity index (χ3n) is 6.84. The second-order valence-electron chi connectivity index (χ2n) is 9.07. The molecule has 1 aliphatic heterocycles. The lowest BCUT2D eigenvalue weighted by Crippen LogP contribution is -2.52. The van der Waals surface area contributed by atoms with Crippen molar-refractivity contribution in [2.45, 2.75) is 44.0 Å². The molecule has 2 aromatic rings. The molecule has 0 spiro atoms. The van der Waals surface area contributed by atoms with Gasteiger partial charge in [0.25, 0.3) is 5.91 Å². The van der Waals surface area contributed by atoms with Crippen molar-refractivity contribution in [3.63, 3.8) is 0 Å². The smallest absolute Gasteiger partial charge is 0.260 e. The maximum Gasteiger partial charge on any atom is 0.260 e. The summed E-state index contributed by atoms with van der Waals surface area (Å²) >= 11 is 1.63. The minimum absolute atomic E-state index is 0.00612. The van der Waals surface area contributed by atoms with Crippen molar-refractivity contribution in [3.8, 4) is 17.2 Å². The summed E-state index contributed by atoms with van der Waals surface area (Å²) in [6.45, 7) is 2.97. The number of fused-ring (bicyclic) bond motifs is 1. The molecule has 36 heavy (non-hydrogen) atoms. The first-order valence-corrected chi connectivity index (χ1v) is 13.2. The summed E-state index contributed by atoms with van der Waals surface area (Å²) in [7, 11) is 5.09. The second kappa shape index (κ2) is 11.7. The van der Waals surface area contributed by atoms with Crippen LogP contribution in [0.3, 0.4) is 0 Å². The Bertz CT molecular complexity index is 1120. The van der Waals surface area contributed by atoms with Crippen LogP contribution in [0.15, 0.2) is 47.4 Å². The van der Waals surface area contributed by atoms with Crippen molar-refractivity contribution < 1.29 is 23.8 Å². The highest BCUT2D eigenvalue weighted by molar-refractivity contribution is 8.04. The van der Waals surface area contributed by atoms with E-state index in [9.17, 15) is 9.59 Å². The molecule has 0 bridgehead atoms. The topological polar surface area (TPSA) is 77.1 Å². The predicted molar refractivity (Wildman–Crippen MR) is 142 cm³/mol. The average molecular weight is 511 g/mol. The van der Waals surface area contributed by atoms with Crippen LogP contribution in [-0.4, -0.2) is 55.9 Å². The fraction of sp³-hybridized carbons (Fsp3) is 0.429. The van der Waals surface area contributed by atoms with Gasteiger partial charge >= 0.3 is 0 Å². The number of methoxy groups -OCH3 is 2. The van der Waals surface area contributed by atoms with E-state index < -0.39 is 0 Å². The molecule has 0 aromatic heterocycles. The van der Waals surface area contributed by atoms with E-state index in [2.05, 4.69) is 5.32 Å². The van der Waals surface area contributed by atoms with Gasteiger partial charge in [0.05, 0.1) is 25.7 Å². The third kappa shape index (κ3) is 5.81. The lowest BCUT2D eigenvalue weighted by Gasteiger charge is -2.44. The number of thioether (sulfide) groups is 1. The molecular weight excluding hydrogens is 476 g/mol. The van der Waals surface area contributed by atoms with Gasteiger partial charge in [-0.1, -0.05) is 18.2 Å². The largest absolute Gasteiger partial charge is 0.497 e. The van der Waals surface area contributed by atoms with Gasteiger partial charge in [-0.2, -0.15) is 0 Å². The second-order valence-corrected chi connectivity index (χ2v) is 10.3. The zero-order valence-electron chi connectivity index (χ0n) is 21.3. The highest BCUT2D eigenvalue weighted by atomic mass is 32.2. The first kappa shape index (κ1) is 25.9. The molecule has 4 rings (SSSR count). The van der Waals surface area contributed by atoms with E-state index in [1.807, 2.05) is 67.4 Å². The number of benzene rings is 2. The Morgan fingerprint density at radius 1 is 1.11 bits per heavy atom. The SMILES string of the molecule is CCOc1ccc(/C=C2/SC3CCC(C(=O)NCc4ccc(OC)cc4)CC3N(C)C2=O)cc1OC. The zero-order chi connectivity index (χ0) is 25.7. The molecule has 2 aliphatic rings. The van der Waals surface area contributed by atoms with E-state index in [0.29, 0.717) is 36.0 Å². The van der Waals surface area contributed by atoms with E-state index >= 15 is 0 Å². The number of nitrogens with zero attached hydrogens (tertiary/aromatic N) is 1. The van der Waals surface area contributed by atoms with Crippen LogP contribution in [0.2, 0.25) is 0 Å². The van der Waals surface area contributed by atoms with Crippen LogP contribution < -0.4 is 19.5 Å². The van der Waals surface area contributed by atoms with E-state index in [1.54, 1.807) is 26.0 Å². The Kier molecular flexibility index (Phi) is 8.46. The standard InChI is InChI=1S/C28H34N2O5S/c1-5-35-23-12-8-19(14-24(23)34-4)15-26-28(32)30(2)22-16-20(9-13-25(22)36-26)27(31)29-17-18-6-10-21(33-3)11-7-18/h6-8,10-12,14-15,20,22,25H,5,9,13,16-17H2,1-4H3,(H,29,31)/b26-15+. The van der Waals surface area contributed by atoms with Gasteiger partial charge in [-0.05, 0) is 67.7 Å². The number of hydrogen-bond donors (Lipinski definition) is 1. The predicted octanol–water partition coefficient (Wildman–Crippen LogP) is 4.50. The Hall–Kier alpha value is -3.13. The molecule has 3 atom stereocenters. The maximum atomic E-state index is 13.2. The van der Waals surface area contributed by atoms with Gasteiger partial charge in [0.2, 0.25) is 5.91 Å². The number of rotatable bonds is 8. The Balaban J connectivity index is 1.39. The average Bonchev–Trinajstić information content (AvgIpc) is 2.91. The summed E-state index contributed by atoms with van der Waals surface area (Å²) in [6.07, 6.45) is 4.30. The van der Waals surface area contributed by atoms with Crippen LogP contribution >= 0.6 is 11.8 Å². The summed E-state index contributed by atoms with van der Waals surface area (Å²) < 4.78 is 16.2. The third-order valence-corrected chi connectivity index (χ3v) is 8.24. The number of carbonyl (C=O) groups is 2. The summed E-state index contributed by atoms with van der Waals surface area (Å²) in [6, 6.07) is 13.4. The van der Waals surface area contributed by atoms with E-state index in [0.717, 1.165) is 29.7 Å². The summed E-state index contributed by atoms with van der Waals surface area (Å²) in [5.74, 6) is 2.07. The fourth-order valence-electron chi connectivity index (χ4n) is 4.81. The molecule has 0 radical (unpaired) electrons. The molecular formula is C28H34N2O5S. The number of ether oxygens (including phenoxy) is 3. The van der Waals surface area contributed by atoms with Crippen molar-refractivity contribution >= 4 is 29.7 Å². The molecule has 1 saturated heterocycles. The first-order chi connectivity index (χ1) is 17.4. The number of likely N-dealkylation sites (N-methyl/N-ethyl adjacent to an activating group) is 1. The minimum atomic E-state index is -0.0961. The summed E-state index contributed by atoms with van der Waals surface area (Å²) in [4.78, 5) is 28.7. The molecule has 2 fully saturated rings. The zero-order valence-corrected chi connectivity index (χ0v) is 22.1. The molecule has 3 unspecified atom stereocenters. The van der Waals surface area contributed by atoms with Crippen LogP contribution in [0.4, 0.5) is 0 Å². The normalized spacial score (nSPS) is 22.7. The van der Waals surface area contributed by atoms with Crippen molar-refractivity contribution in [1.82, 2.24) is 10.2 Å². The Morgan fingerprint density at radius 3 is 2.58 bits per heavy atom. The Labute approximate surface area is 217 Å². The molecule has 2 amide bonds. The number of amides is 2. The molecule has 1 heterocycles. The van der Waals surface area contributed by atoms with Gasteiger partial charge in [0, 0.05) is 30.8 Å². The van der Waals surface area contributed by atoms with Crippen molar-refractivity contribution in [1.29, 1.82) is 0 Å². The maximum absolute atomic E-state index is 13.2. The molecule has 1 saturated carbocycles. The van der Waals surface area contributed by atoms with E-state index in [4.69, 9.17) is 14.2 Å².